The lowest BCUT2D eigenvalue weighted by molar-refractivity contribution is -0.384. The number of anilines is 1. The molecule has 1 aromatic heterocycles. The van der Waals surface area contributed by atoms with Gasteiger partial charge in [0.25, 0.3) is 5.69 Å². The number of pyridine rings is 1. The zero-order valence-corrected chi connectivity index (χ0v) is 12.5. The van der Waals surface area contributed by atoms with Crippen LogP contribution in [0.1, 0.15) is 5.56 Å². The Morgan fingerprint density at radius 2 is 1.75 bits per heavy atom. The highest BCUT2D eigenvalue weighted by Crippen LogP contribution is 2.32. The van der Waals surface area contributed by atoms with E-state index in [0.29, 0.717) is 16.8 Å². The van der Waals surface area contributed by atoms with E-state index in [0.717, 1.165) is 5.56 Å². The van der Waals surface area contributed by atoms with Crippen molar-refractivity contribution in [1.82, 2.24) is 4.98 Å². The number of nitrogens with two attached hydrogens (primary N) is 1. The van der Waals surface area contributed by atoms with Gasteiger partial charge in [-0.15, -0.1) is 0 Å². The van der Waals surface area contributed by atoms with Crippen LogP contribution in [0.5, 0.6) is 0 Å². The molecule has 3 aromatic rings. The predicted molar refractivity (Wildman–Crippen MR) is 90.9 cm³/mol. The number of benzene rings is 2. The summed E-state index contributed by atoms with van der Waals surface area (Å²) >= 11 is 0. The fourth-order valence-corrected chi connectivity index (χ4v) is 2.45. The topological polar surface area (TPSA) is 106 Å². The van der Waals surface area contributed by atoms with Crippen LogP contribution in [0.2, 0.25) is 0 Å². The lowest BCUT2D eigenvalue weighted by atomic mass is 9.98. The van der Waals surface area contributed by atoms with Crippen LogP contribution in [-0.4, -0.2) is 9.91 Å². The molecule has 24 heavy (non-hydrogen) atoms. The van der Waals surface area contributed by atoms with Crippen molar-refractivity contribution in [3.05, 3.63) is 76.3 Å². The van der Waals surface area contributed by atoms with E-state index in [2.05, 4.69) is 4.98 Å². The zero-order chi connectivity index (χ0) is 17.1. The van der Waals surface area contributed by atoms with Gasteiger partial charge in [0.05, 0.1) is 10.6 Å². The second-order valence-corrected chi connectivity index (χ2v) is 5.10. The number of hydrogen-bond acceptors (Lipinski definition) is 5. The third-order valence-electron chi connectivity index (χ3n) is 3.60. The van der Waals surface area contributed by atoms with Crippen LogP contribution >= 0.6 is 0 Å². The minimum Gasteiger partial charge on any atom is -0.383 e. The molecule has 0 aliphatic rings. The van der Waals surface area contributed by atoms with Gasteiger partial charge in [-0.05, 0) is 11.6 Å². The fraction of sp³-hybridized carbons (Fsp3) is 0. The normalized spacial score (nSPS) is 10.1. The molecule has 0 aliphatic heterocycles. The van der Waals surface area contributed by atoms with Gasteiger partial charge < -0.3 is 5.73 Å². The van der Waals surface area contributed by atoms with Crippen LogP contribution in [0.4, 0.5) is 11.5 Å². The third kappa shape index (κ3) is 2.78. The molecule has 0 amide bonds. The highest BCUT2D eigenvalue weighted by Gasteiger charge is 2.15. The maximum absolute atomic E-state index is 11.0. The summed E-state index contributed by atoms with van der Waals surface area (Å²) in [7, 11) is 0. The second-order valence-electron chi connectivity index (χ2n) is 5.10. The lowest BCUT2D eigenvalue weighted by Gasteiger charge is -2.10. The summed E-state index contributed by atoms with van der Waals surface area (Å²) in [6.07, 6.45) is 0. The molecule has 6 nitrogen and oxygen atoms in total. The molecule has 116 valence electrons. The Bertz CT molecular complexity index is 962. The average Bonchev–Trinajstić information content (AvgIpc) is 2.62. The van der Waals surface area contributed by atoms with Crippen molar-refractivity contribution in [2.24, 2.45) is 0 Å². The first kappa shape index (κ1) is 15.2. The van der Waals surface area contributed by atoms with Gasteiger partial charge in [-0.1, -0.05) is 42.5 Å². The summed E-state index contributed by atoms with van der Waals surface area (Å²) in [6, 6.07) is 19.3. The first-order chi connectivity index (χ1) is 11.6. The van der Waals surface area contributed by atoms with E-state index in [9.17, 15) is 15.4 Å². The molecule has 0 aliphatic carbocycles. The van der Waals surface area contributed by atoms with Crippen molar-refractivity contribution in [3.63, 3.8) is 0 Å². The van der Waals surface area contributed by atoms with Crippen molar-refractivity contribution in [2.45, 2.75) is 0 Å². The Balaban J connectivity index is 2.23. The summed E-state index contributed by atoms with van der Waals surface area (Å²) in [5.41, 5.74) is 8.62. The van der Waals surface area contributed by atoms with Crippen LogP contribution in [0.3, 0.4) is 0 Å². The SMILES string of the molecule is N#Cc1c(-c2cccc([N+](=O)[O-])c2)cc(-c2ccccc2)nc1N. The molecule has 0 spiro atoms. The zero-order valence-electron chi connectivity index (χ0n) is 12.5. The van der Waals surface area contributed by atoms with E-state index in [1.807, 2.05) is 36.4 Å². The van der Waals surface area contributed by atoms with Crippen LogP contribution in [0.15, 0.2) is 60.7 Å². The Kier molecular flexibility index (Phi) is 3.91. The standard InChI is InChI=1S/C18H12N4O2/c19-11-16-15(13-7-4-8-14(9-13)22(23)24)10-17(21-18(16)20)12-5-2-1-3-6-12/h1-10H,(H2,20,21). The third-order valence-corrected chi connectivity index (χ3v) is 3.60. The molecule has 0 unspecified atom stereocenters. The highest BCUT2D eigenvalue weighted by molar-refractivity contribution is 5.80. The smallest absolute Gasteiger partial charge is 0.270 e. The number of hydrogen-bond donors (Lipinski definition) is 1. The van der Waals surface area contributed by atoms with Gasteiger partial charge in [0, 0.05) is 23.3 Å². The van der Waals surface area contributed by atoms with E-state index in [4.69, 9.17) is 5.73 Å². The molecule has 0 bridgehead atoms. The molecule has 1 heterocycles. The summed E-state index contributed by atoms with van der Waals surface area (Å²) in [6.45, 7) is 0. The van der Waals surface area contributed by atoms with Gasteiger partial charge in [-0.3, -0.25) is 10.1 Å². The maximum atomic E-state index is 11.0. The minimum atomic E-state index is -0.474. The number of rotatable bonds is 3. The summed E-state index contributed by atoms with van der Waals surface area (Å²) in [5.74, 6) is 0.0976. The molecule has 0 fully saturated rings. The molecular weight excluding hydrogens is 304 g/mol. The summed E-state index contributed by atoms with van der Waals surface area (Å²) < 4.78 is 0. The number of nitrogens with zero attached hydrogens (tertiary/aromatic N) is 3. The fourth-order valence-electron chi connectivity index (χ4n) is 2.45. The Morgan fingerprint density at radius 3 is 2.42 bits per heavy atom. The first-order valence-electron chi connectivity index (χ1n) is 7.11. The lowest BCUT2D eigenvalue weighted by Crippen LogP contribution is -2.00. The van der Waals surface area contributed by atoms with E-state index >= 15 is 0 Å². The van der Waals surface area contributed by atoms with Crippen molar-refractivity contribution >= 4 is 11.5 Å². The molecular formula is C18H12N4O2. The van der Waals surface area contributed by atoms with Crippen molar-refractivity contribution in [3.8, 4) is 28.5 Å². The van der Waals surface area contributed by atoms with Gasteiger partial charge in [0.2, 0.25) is 0 Å². The summed E-state index contributed by atoms with van der Waals surface area (Å²) in [4.78, 5) is 14.8. The monoisotopic (exact) mass is 316 g/mol. The molecule has 2 aromatic carbocycles. The Hall–Kier alpha value is -3.72. The first-order valence-corrected chi connectivity index (χ1v) is 7.11. The van der Waals surface area contributed by atoms with Crippen molar-refractivity contribution in [2.75, 3.05) is 5.73 Å². The number of nitro groups is 1. The van der Waals surface area contributed by atoms with E-state index in [-0.39, 0.29) is 17.1 Å². The number of non-ortho nitro benzene ring substituents is 1. The second kappa shape index (κ2) is 6.18. The van der Waals surface area contributed by atoms with Gasteiger partial charge in [0.15, 0.2) is 0 Å². The van der Waals surface area contributed by atoms with E-state index in [1.54, 1.807) is 18.2 Å². The van der Waals surface area contributed by atoms with Gasteiger partial charge in [-0.25, -0.2) is 4.98 Å². The van der Waals surface area contributed by atoms with Gasteiger partial charge in [-0.2, -0.15) is 5.26 Å². The average molecular weight is 316 g/mol. The van der Waals surface area contributed by atoms with Crippen LogP contribution in [0, 0.1) is 21.4 Å². The largest absolute Gasteiger partial charge is 0.383 e. The number of nitriles is 1. The van der Waals surface area contributed by atoms with Crippen LogP contribution in [0.25, 0.3) is 22.4 Å². The number of nitro benzene ring substituents is 1. The molecule has 0 atom stereocenters. The highest BCUT2D eigenvalue weighted by atomic mass is 16.6. The van der Waals surface area contributed by atoms with Crippen LogP contribution in [-0.2, 0) is 0 Å². The predicted octanol–water partition coefficient (Wildman–Crippen LogP) is 3.78. The summed E-state index contributed by atoms with van der Waals surface area (Å²) in [5, 5.41) is 20.4. The van der Waals surface area contributed by atoms with Gasteiger partial charge >= 0.3 is 0 Å². The molecule has 0 saturated carbocycles. The molecule has 0 saturated heterocycles. The Morgan fingerprint density at radius 1 is 1.04 bits per heavy atom. The Labute approximate surface area is 138 Å². The van der Waals surface area contributed by atoms with Crippen molar-refractivity contribution in [1.29, 1.82) is 5.26 Å². The van der Waals surface area contributed by atoms with Crippen molar-refractivity contribution < 1.29 is 4.92 Å². The van der Waals surface area contributed by atoms with Gasteiger partial charge in [0.1, 0.15) is 17.5 Å². The maximum Gasteiger partial charge on any atom is 0.270 e. The molecule has 2 N–H and O–H groups in total. The van der Waals surface area contributed by atoms with E-state index < -0.39 is 4.92 Å². The number of nitrogen functional groups attached to an aromatic ring is 1. The minimum absolute atomic E-state index is 0.0481. The molecule has 3 rings (SSSR count). The van der Waals surface area contributed by atoms with Crippen LogP contribution < -0.4 is 5.73 Å². The molecule has 6 heteroatoms. The molecule has 0 radical (unpaired) electrons. The van der Waals surface area contributed by atoms with E-state index in [1.165, 1.54) is 12.1 Å². The number of aromatic nitrogens is 1. The quantitative estimate of drug-likeness (QED) is 0.584.